The van der Waals surface area contributed by atoms with Crippen molar-refractivity contribution < 1.29 is 9.90 Å². The van der Waals surface area contributed by atoms with E-state index in [4.69, 9.17) is 11.6 Å². The number of aliphatic hydroxyl groups excluding tert-OH is 1. The highest BCUT2D eigenvalue weighted by molar-refractivity contribution is 7.99. The number of benzene rings is 1. The second-order valence-corrected chi connectivity index (χ2v) is 5.86. The van der Waals surface area contributed by atoms with Gasteiger partial charge in [0.15, 0.2) is 0 Å². The first-order valence-corrected chi connectivity index (χ1v) is 7.36. The molecule has 1 amide bonds. The van der Waals surface area contributed by atoms with Crippen LogP contribution < -0.4 is 0 Å². The molecule has 1 N–H and O–H groups in total. The zero-order chi connectivity index (χ0) is 13.0. The molecule has 1 aromatic carbocycles. The minimum atomic E-state index is -0.342. The highest BCUT2D eigenvalue weighted by atomic mass is 35.5. The average molecular weight is 286 g/mol. The van der Waals surface area contributed by atoms with E-state index in [-0.39, 0.29) is 12.0 Å². The standard InChI is InChI=1S/C13H16ClNO2S/c14-11-3-1-2-4-12(11)18-8-6-13(17)15-7-5-10(16)9-15/h1-4,10,16H,5-9H2. The van der Waals surface area contributed by atoms with E-state index in [1.54, 1.807) is 16.7 Å². The van der Waals surface area contributed by atoms with E-state index in [2.05, 4.69) is 0 Å². The molecule has 1 heterocycles. The maximum atomic E-state index is 11.8. The van der Waals surface area contributed by atoms with Crippen molar-refractivity contribution in [1.82, 2.24) is 4.90 Å². The van der Waals surface area contributed by atoms with E-state index in [0.29, 0.717) is 25.9 Å². The lowest BCUT2D eigenvalue weighted by atomic mass is 10.3. The number of amides is 1. The maximum absolute atomic E-state index is 11.8. The quantitative estimate of drug-likeness (QED) is 0.864. The Morgan fingerprint density at radius 1 is 1.50 bits per heavy atom. The highest BCUT2D eigenvalue weighted by Crippen LogP contribution is 2.27. The van der Waals surface area contributed by atoms with Crippen molar-refractivity contribution in [2.24, 2.45) is 0 Å². The van der Waals surface area contributed by atoms with Gasteiger partial charge in [0.25, 0.3) is 0 Å². The van der Waals surface area contributed by atoms with E-state index in [1.165, 1.54) is 0 Å². The van der Waals surface area contributed by atoms with Crippen LogP contribution in [0.1, 0.15) is 12.8 Å². The summed E-state index contributed by atoms with van der Waals surface area (Å²) in [6, 6.07) is 7.63. The van der Waals surface area contributed by atoms with Crippen LogP contribution in [0.25, 0.3) is 0 Å². The number of halogens is 1. The van der Waals surface area contributed by atoms with Crippen LogP contribution in [0.15, 0.2) is 29.2 Å². The Bertz CT molecular complexity index is 427. The molecule has 2 rings (SSSR count). The fraction of sp³-hybridized carbons (Fsp3) is 0.462. The molecule has 0 radical (unpaired) electrons. The SMILES string of the molecule is O=C(CCSc1ccccc1Cl)N1CCC(O)C1. The number of carbonyl (C=O) groups is 1. The summed E-state index contributed by atoms with van der Waals surface area (Å²) in [5, 5.41) is 10.1. The van der Waals surface area contributed by atoms with Gasteiger partial charge in [0, 0.05) is 30.2 Å². The van der Waals surface area contributed by atoms with Crippen molar-refractivity contribution in [2.45, 2.75) is 23.8 Å². The number of hydrogen-bond donors (Lipinski definition) is 1. The van der Waals surface area contributed by atoms with E-state index in [1.807, 2.05) is 24.3 Å². The number of likely N-dealkylation sites (tertiary alicyclic amines) is 1. The number of aliphatic hydroxyl groups is 1. The van der Waals surface area contributed by atoms with Crippen LogP contribution in [-0.4, -0.2) is 40.9 Å². The first-order valence-electron chi connectivity index (χ1n) is 6.00. The maximum Gasteiger partial charge on any atom is 0.223 e. The van der Waals surface area contributed by atoms with Gasteiger partial charge in [-0.3, -0.25) is 4.79 Å². The van der Waals surface area contributed by atoms with Gasteiger partial charge in [0.05, 0.1) is 11.1 Å². The Hall–Kier alpha value is -0.710. The molecule has 1 atom stereocenters. The van der Waals surface area contributed by atoms with Crippen LogP contribution in [0, 0.1) is 0 Å². The Morgan fingerprint density at radius 2 is 2.28 bits per heavy atom. The summed E-state index contributed by atoms with van der Waals surface area (Å²) in [4.78, 5) is 14.6. The fourth-order valence-electron chi connectivity index (χ4n) is 1.94. The van der Waals surface area contributed by atoms with E-state index in [9.17, 15) is 9.90 Å². The Labute approximate surface area is 116 Å². The molecule has 0 bridgehead atoms. The average Bonchev–Trinajstić information content (AvgIpc) is 2.78. The van der Waals surface area contributed by atoms with Crippen LogP contribution in [0.4, 0.5) is 0 Å². The van der Waals surface area contributed by atoms with E-state index in [0.717, 1.165) is 15.7 Å². The fourth-order valence-corrected chi connectivity index (χ4v) is 3.11. The van der Waals surface area contributed by atoms with Crippen molar-refractivity contribution in [3.8, 4) is 0 Å². The molecule has 1 aliphatic heterocycles. The minimum absolute atomic E-state index is 0.117. The summed E-state index contributed by atoms with van der Waals surface area (Å²) < 4.78 is 0. The molecule has 18 heavy (non-hydrogen) atoms. The van der Waals surface area contributed by atoms with Crippen LogP contribution in [0.5, 0.6) is 0 Å². The number of carbonyl (C=O) groups excluding carboxylic acids is 1. The summed E-state index contributed by atoms with van der Waals surface area (Å²) in [7, 11) is 0. The lowest BCUT2D eigenvalue weighted by molar-refractivity contribution is -0.130. The molecular weight excluding hydrogens is 270 g/mol. The summed E-state index contributed by atoms with van der Waals surface area (Å²) in [5.41, 5.74) is 0. The molecule has 0 aromatic heterocycles. The third kappa shape index (κ3) is 3.64. The zero-order valence-corrected chi connectivity index (χ0v) is 11.6. The Morgan fingerprint density at radius 3 is 2.94 bits per heavy atom. The van der Waals surface area contributed by atoms with E-state index >= 15 is 0 Å². The van der Waals surface area contributed by atoms with Gasteiger partial charge < -0.3 is 10.0 Å². The molecule has 0 aliphatic carbocycles. The predicted molar refractivity (Wildman–Crippen MR) is 74.0 cm³/mol. The third-order valence-corrected chi connectivity index (χ3v) is 4.44. The van der Waals surface area contributed by atoms with Gasteiger partial charge in [-0.2, -0.15) is 0 Å². The van der Waals surface area contributed by atoms with Crippen molar-refractivity contribution in [2.75, 3.05) is 18.8 Å². The van der Waals surface area contributed by atoms with Crippen LogP contribution in [0.3, 0.4) is 0 Å². The normalized spacial score (nSPS) is 19.2. The van der Waals surface area contributed by atoms with Gasteiger partial charge in [-0.25, -0.2) is 0 Å². The molecule has 1 unspecified atom stereocenters. The molecule has 1 aliphatic rings. The largest absolute Gasteiger partial charge is 0.391 e. The van der Waals surface area contributed by atoms with Gasteiger partial charge in [-0.1, -0.05) is 23.7 Å². The second kappa shape index (κ2) is 6.45. The van der Waals surface area contributed by atoms with Crippen molar-refractivity contribution in [3.63, 3.8) is 0 Å². The molecule has 0 spiro atoms. The first-order chi connectivity index (χ1) is 8.66. The summed E-state index contributed by atoms with van der Waals surface area (Å²) in [6.07, 6.45) is 0.844. The number of hydrogen-bond acceptors (Lipinski definition) is 3. The molecule has 1 saturated heterocycles. The zero-order valence-electron chi connectivity index (χ0n) is 10.0. The molecular formula is C13H16ClNO2S. The van der Waals surface area contributed by atoms with Crippen LogP contribution in [0.2, 0.25) is 5.02 Å². The molecule has 0 saturated carbocycles. The van der Waals surface area contributed by atoms with Crippen LogP contribution in [-0.2, 0) is 4.79 Å². The van der Waals surface area contributed by atoms with Crippen molar-refractivity contribution in [1.29, 1.82) is 0 Å². The molecule has 98 valence electrons. The van der Waals surface area contributed by atoms with E-state index < -0.39 is 0 Å². The van der Waals surface area contributed by atoms with Gasteiger partial charge in [-0.15, -0.1) is 11.8 Å². The Kier molecular flexibility index (Phi) is 4.92. The number of β-amino-alcohol motifs (C(OH)–C–C–N with tert-alkyl or cyclic N) is 1. The summed E-state index contributed by atoms with van der Waals surface area (Å²) >= 11 is 7.63. The van der Waals surface area contributed by atoms with Gasteiger partial charge >= 0.3 is 0 Å². The number of nitrogens with zero attached hydrogens (tertiary/aromatic N) is 1. The highest BCUT2D eigenvalue weighted by Gasteiger charge is 2.23. The monoisotopic (exact) mass is 285 g/mol. The first kappa shape index (κ1) is 13.7. The number of thioether (sulfide) groups is 1. The summed E-state index contributed by atoms with van der Waals surface area (Å²) in [6.45, 7) is 1.16. The van der Waals surface area contributed by atoms with Crippen LogP contribution >= 0.6 is 23.4 Å². The number of rotatable bonds is 4. The molecule has 1 aromatic rings. The Balaban J connectivity index is 1.75. The third-order valence-electron chi connectivity index (χ3n) is 2.93. The van der Waals surface area contributed by atoms with Gasteiger partial charge in [-0.05, 0) is 18.6 Å². The van der Waals surface area contributed by atoms with Crippen molar-refractivity contribution in [3.05, 3.63) is 29.3 Å². The minimum Gasteiger partial charge on any atom is -0.391 e. The molecule has 3 nitrogen and oxygen atoms in total. The van der Waals surface area contributed by atoms with Gasteiger partial charge in [0.2, 0.25) is 5.91 Å². The summed E-state index contributed by atoms with van der Waals surface area (Å²) in [5.74, 6) is 0.834. The lowest BCUT2D eigenvalue weighted by Crippen LogP contribution is -2.29. The van der Waals surface area contributed by atoms with Crippen molar-refractivity contribution >= 4 is 29.3 Å². The lowest BCUT2D eigenvalue weighted by Gasteiger charge is -2.15. The van der Waals surface area contributed by atoms with Gasteiger partial charge in [0.1, 0.15) is 0 Å². The predicted octanol–water partition coefficient (Wildman–Crippen LogP) is 2.42. The molecule has 5 heteroatoms. The smallest absolute Gasteiger partial charge is 0.223 e. The second-order valence-electron chi connectivity index (χ2n) is 4.31. The topological polar surface area (TPSA) is 40.5 Å². The molecule has 1 fully saturated rings.